The predicted molar refractivity (Wildman–Crippen MR) is 70.9 cm³/mol. The fourth-order valence-electron chi connectivity index (χ4n) is 2.95. The molecule has 0 radical (unpaired) electrons. The van der Waals surface area contributed by atoms with Crippen LogP contribution < -0.4 is 5.73 Å². The molecule has 3 aliphatic rings. The Kier molecular flexibility index (Phi) is 3.69. The minimum Gasteiger partial charge on any atom is -0.327 e. The first-order chi connectivity index (χ1) is 8.31. The molecular weight excluding hydrogens is 210 g/mol. The molecular formula is C14H27N3. The van der Waals surface area contributed by atoms with E-state index < -0.39 is 0 Å². The van der Waals surface area contributed by atoms with Crippen molar-refractivity contribution in [2.45, 2.75) is 38.1 Å². The first kappa shape index (κ1) is 11.9. The second-order valence-corrected chi connectivity index (χ2v) is 6.38. The number of rotatable bonds is 6. The van der Waals surface area contributed by atoms with Crippen LogP contribution in [0, 0.1) is 11.8 Å². The number of hydrogen-bond donors (Lipinski definition) is 1. The highest BCUT2D eigenvalue weighted by atomic mass is 15.3. The number of piperazine rings is 1. The van der Waals surface area contributed by atoms with E-state index in [2.05, 4.69) is 9.80 Å². The topological polar surface area (TPSA) is 32.5 Å². The lowest BCUT2D eigenvalue weighted by Crippen LogP contribution is -2.47. The van der Waals surface area contributed by atoms with Gasteiger partial charge in [0, 0.05) is 38.8 Å². The molecule has 0 spiro atoms. The van der Waals surface area contributed by atoms with Crippen molar-refractivity contribution in [2.24, 2.45) is 17.6 Å². The highest BCUT2D eigenvalue weighted by Gasteiger charge is 2.29. The zero-order chi connectivity index (χ0) is 11.7. The molecule has 1 atom stereocenters. The molecule has 1 heterocycles. The predicted octanol–water partition coefficient (Wildman–Crippen LogP) is 1.14. The van der Waals surface area contributed by atoms with E-state index in [4.69, 9.17) is 5.73 Å². The fraction of sp³-hybridized carbons (Fsp3) is 1.00. The van der Waals surface area contributed by atoms with E-state index >= 15 is 0 Å². The Morgan fingerprint density at radius 1 is 0.941 bits per heavy atom. The molecule has 1 unspecified atom stereocenters. The van der Waals surface area contributed by atoms with Gasteiger partial charge in [-0.05, 0) is 50.5 Å². The van der Waals surface area contributed by atoms with Crippen molar-refractivity contribution < 1.29 is 0 Å². The van der Waals surface area contributed by atoms with E-state index in [-0.39, 0.29) is 0 Å². The average molecular weight is 237 g/mol. The van der Waals surface area contributed by atoms with Crippen molar-refractivity contribution in [3.63, 3.8) is 0 Å². The SMILES string of the molecule is NC(CCN1CCN(CC2CC2)CC1)C1CC1. The summed E-state index contributed by atoms with van der Waals surface area (Å²) in [7, 11) is 0. The van der Waals surface area contributed by atoms with Crippen LogP contribution in [0.15, 0.2) is 0 Å². The second-order valence-electron chi connectivity index (χ2n) is 6.38. The summed E-state index contributed by atoms with van der Waals surface area (Å²) in [5.41, 5.74) is 6.16. The van der Waals surface area contributed by atoms with Crippen LogP contribution in [0.2, 0.25) is 0 Å². The van der Waals surface area contributed by atoms with Crippen molar-refractivity contribution in [3.8, 4) is 0 Å². The first-order valence-electron chi connectivity index (χ1n) is 7.51. The van der Waals surface area contributed by atoms with Crippen molar-refractivity contribution in [1.82, 2.24) is 9.80 Å². The molecule has 3 heteroatoms. The molecule has 0 amide bonds. The van der Waals surface area contributed by atoms with E-state index in [1.165, 1.54) is 71.4 Å². The van der Waals surface area contributed by atoms with E-state index in [0.29, 0.717) is 6.04 Å². The molecule has 17 heavy (non-hydrogen) atoms. The molecule has 2 N–H and O–H groups in total. The fourth-order valence-corrected chi connectivity index (χ4v) is 2.95. The Bertz CT molecular complexity index is 240. The second kappa shape index (κ2) is 5.25. The van der Waals surface area contributed by atoms with Crippen LogP contribution in [0.25, 0.3) is 0 Å². The Morgan fingerprint density at radius 2 is 1.59 bits per heavy atom. The lowest BCUT2D eigenvalue weighted by molar-refractivity contribution is 0.125. The summed E-state index contributed by atoms with van der Waals surface area (Å²) in [5.74, 6) is 1.91. The Hall–Kier alpha value is -0.120. The van der Waals surface area contributed by atoms with Crippen LogP contribution in [0.5, 0.6) is 0 Å². The molecule has 0 aromatic heterocycles. The maximum atomic E-state index is 6.16. The van der Waals surface area contributed by atoms with E-state index in [9.17, 15) is 0 Å². The molecule has 2 saturated carbocycles. The molecule has 3 rings (SSSR count). The van der Waals surface area contributed by atoms with Crippen LogP contribution >= 0.6 is 0 Å². The zero-order valence-corrected chi connectivity index (χ0v) is 11.0. The number of hydrogen-bond acceptors (Lipinski definition) is 3. The van der Waals surface area contributed by atoms with Gasteiger partial charge in [-0.25, -0.2) is 0 Å². The third-order valence-corrected chi connectivity index (χ3v) is 4.68. The molecule has 1 aliphatic heterocycles. The smallest absolute Gasteiger partial charge is 0.0110 e. The number of nitrogens with two attached hydrogens (primary N) is 1. The van der Waals surface area contributed by atoms with E-state index in [1.807, 2.05) is 0 Å². The van der Waals surface area contributed by atoms with Gasteiger partial charge in [0.25, 0.3) is 0 Å². The van der Waals surface area contributed by atoms with Gasteiger partial charge < -0.3 is 15.5 Å². The largest absolute Gasteiger partial charge is 0.327 e. The summed E-state index contributed by atoms with van der Waals surface area (Å²) in [5, 5.41) is 0. The molecule has 0 aromatic rings. The number of nitrogens with zero attached hydrogens (tertiary/aromatic N) is 2. The summed E-state index contributed by atoms with van der Waals surface area (Å²) < 4.78 is 0. The van der Waals surface area contributed by atoms with E-state index in [1.54, 1.807) is 0 Å². The summed E-state index contributed by atoms with van der Waals surface area (Å²) >= 11 is 0. The van der Waals surface area contributed by atoms with Gasteiger partial charge in [0.2, 0.25) is 0 Å². The minimum atomic E-state index is 0.486. The zero-order valence-electron chi connectivity index (χ0n) is 11.0. The van der Waals surface area contributed by atoms with Crippen molar-refractivity contribution >= 4 is 0 Å². The van der Waals surface area contributed by atoms with Gasteiger partial charge >= 0.3 is 0 Å². The standard InChI is InChI=1S/C14H27N3/c15-14(13-3-4-13)5-6-16-7-9-17(10-8-16)11-12-1-2-12/h12-14H,1-11,15H2. The third-order valence-electron chi connectivity index (χ3n) is 4.68. The monoisotopic (exact) mass is 237 g/mol. The van der Waals surface area contributed by atoms with Crippen LogP contribution in [0.1, 0.15) is 32.1 Å². The highest BCUT2D eigenvalue weighted by Crippen LogP contribution is 2.33. The molecule has 98 valence electrons. The van der Waals surface area contributed by atoms with Crippen LogP contribution in [-0.4, -0.2) is 55.1 Å². The van der Waals surface area contributed by atoms with Crippen LogP contribution in [0.4, 0.5) is 0 Å². The van der Waals surface area contributed by atoms with Crippen molar-refractivity contribution in [2.75, 3.05) is 39.3 Å². The van der Waals surface area contributed by atoms with Crippen molar-refractivity contribution in [3.05, 3.63) is 0 Å². The first-order valence-corrected chi connectivity index (χ1v) is 7.51. The van der Waals surface area contributed by atoms with Gasteiger partial charge in [-0.15, -0.1) is 0 Å². The quantitative estimate of drug-likeness (QED) is 0.752. The van der Waals surface area contributed by atoms with Crippen LogP contribution in [0.3, 0.4) is 0 Å². The lowest BCUT2D eigenvalue weighted by atomic mass is 10.1. The van der Waals surface area contributed by atoms with E-state index in [0.717, 1.165) is 11.8 Å². The normalized spacial score (nSPS) is 29.5. The Balaban J connectivity index is 1.30. The summed E-state index contributed by atoms with van der Waals surface area (Å²) in [6, 6.07) is 0.486. The Morgan fingerprint density at radius 3 is 2.18 bits per heavy atom. The molecule has 2 aliphatic carbocycles. The van der Waals surface area contributed by atoms with Gasteiger partial charge in [0.15, 0.2) is 0 Å². The third kappa shape index (κ3) is 3.67. The lowest BCUT2D eigenvalue weighted by Gasteiger charge is -2.35. The van der Waals surface area contributed by atoms with Crippen LogP contribution in [-0.2, 0) is 0 Å². The maximum Gasteiger partial charge on any atom is 0.0110 e. The molecule has 3 nitrogen and oxygen atoms in total. The van der Waals surface area contributed by atoms with Gasteiger partial charge in [-0.2, -0.15) is 0 Å². The van der Waals surface area contributed by atoms with Gasteiger partial charge in [-0.1, -0.05) is 0 Å². The average Bonchev–Trinajstić information content (AvgIpc) is 3.20. The summed E-state index contributed by atoms with van der Waals surface area (Å²) in [4.78, 5) is 5.28. The summed E-state index contributed by atoms with van der Waals surface area (Å²) in [6.07, 6.45) is 6.95. The molecule has 1 saturated heterocycles. The van der Waals surface area contributed by atoms with Gasteiger partial charge in [0.05, 0.1) is 0 Å². The molecule has 0 aromatic carbocycles. The Labute approximate surface area is 105 Å². The molecule has 3 fully saturated rings. The van der Waals surface area contributed by atoms with Gasteiger partial charge in [-0.3, -0.25) is 0 Å². The minimum absolute atomic E-state index is 0.486. The van der Waals surface area contributed by atoms with Gasteiger partial charge in [0.1, 0.15) is 0 Å². The summed E-state index contributed by atoms with van der Waals surface area (Å²) in [6.45, 7) is 7.71. The highest BCUT2D eigenvalue weighted by molar-refractivity contribution is 4.85. The van der Waals surface area contributed by atoms with Crippen molar-refractivity contribution in [1.29, 1.82) is 0 Å². The maximum absolute atomic E-state index is 6.16. The molecule has 0 bridgehead atoms.